The number of rotatable bonds is 6. The SMILES string of the molecule is COCCN1CCN(c2c(C(C)=O)nnn2-c2ccc(F)cc2)CC1. The van der Waals surface area contributed by atoms with Crippen molar-refractivity contribution in [3.05, 3.63) is 35.8 Å². The molecule has 1 aromatic carbocycles. The highest BCUT2D eigenvalue weighted by atomic mass is 19.1. The zero-order chi connectivity index (χ0) is 17.8. The quantitative estimate of drug-likeness (QED) is 0.736. The second-order valence-corrected chi connectivity index (χ2v) is 6.03. The molecule has 0 unspecified atom stereocenters. The molecule has 134 valence electrons. The third-order valence-electron chi connectivity index (χ3n) is 4.33. The van der Waals surface area contributed by atoms with Gasteiger partial charge >= 0.3 is 0 Å². The number of piperazine rings is 1. The number of Topliss-reactive ketones (excluding diaryl/α,β-unsaturated/α-hetero) is 1. The third-order valence-corrected chi connectivity index (χ3v) is 4.33. The van der Waals surface area contributed by atoms with Crippen LogP contribution < -0.4 is 4.90 Å². The Hall–Kier alpha value is -2.32. The van der Waals surface area contributed by atoms with Crippen LogP contribution in [0.3, 0.4) is 0 Å². The van der Waals surface area contributed by atoms with E-state index in [1.165, 1.54) is 19.1 Å². The summed E-state index contributed by atoms with van der Waals surface area (Å²) >= 11 is 0. The van der Waals surface area contributed by atoms with Crippen LogP contribution >= 0.6 is 0 Å². The Balaban J connectivity index is 1.86. The summed E-state index contributed by atoms with van der Waals surface area (Å²) in [5, 5.41) is 8.18. The zero-order valence-electron chi connectivity index (χ0n) is 14.5. The molecule has 0 N–H and O–H groups in total. The monoisotopic (exact) mass is 347 g/mol. The first-order chi connectivity index (χ1) is 12.1. The smallest absolute Gasteiger partial charge is 0.183 e. The minimum atomic E-state index is -0.316. The summed E-state index contributed by atoms with van der Waals surface area (Å²) in [6.07, 6.45) is 0. The molecular weight excluding hydrogens is 325 g/mol. The van der Waals surface area contributed by atoms with E-state index in [0.29, 0.717) is 23.8 Å². The molecule has 0 amide bonds. The van der Waals surface area contributed by atoms with Crippen LogP contribution in [0.5, 0.6) is 0 Å². The van der Waals surface area contributed by atoms with Gasteiger partial charge < -0.3 is 9.64 Å². The van der Waals surface area contributed by atoms with Crippen LogP contribution in [0.25, 0.3) is 5.69 Å². The average Bonchev–Trinajstić information content (AvgIpc) is 3.06. The van der Waals surface area contributed by atoms with Gasteiger partial charge in [0.25, 0.3) is 0 Å². The summed E-state index contributed by atoms with van der Waals surface area (Å²) in [5.74, 6) is 0.222. The van der Waals surface area contributed by atoms with Crippen LogP contribution in [0.2, 0.25) is 0 Å². The number of benzene rings is 1. The van der Waals surface area contributed by atoms with E-state index in [1.807, 2.05) is 0 Å². The zero-order valence-corrected chi connectivity index (χ0v) is 14.5. The van der Waals surface area contributed by atoms with E-state index in [1.54, 1.807) is 23.9 Å². The van der Waals surface area contributed by atoms with Crippen LogP contribution in [0, 0.1) is 5.82 Å². The van der Waals surface area contributed by atoms with E-state index < -0.39 is 0 Å². The van der Waals surface area contributed by atoms with E-state index >= 15 is 0 Å². The maximum absolute atomic E-state index is 13.2. The molecule has 25 heavy (non-hydrogen) atoms. The van der Waals surface area contributed by atoms with E-state index in [4.69, 9.17) is 4.74 Å². The van der Waals surface area contributed by atoms with Crippen molar-refractivity contribution in [1.29, 1.82) is 0 Å². The fraction of sp³-hybridized carbons (Fsp3) is 0.471. The van der Waals surface area contributed by atoms with Gasteiger partial charge in [0, 0.05) is 46.8 Å². The molecule has 0 radical (unpaired) electrons. The highest BCUT2D eigenvalue weighted by Gasteiger charge is 2.26. The van der Waals surface area contributed by atoms with Crippen molar-refractivity contribution in [3.63, 3.8) is 0 Å². The van der Waals surface area contributed by atoms with Crippen LogP contribution in [-0.2, 0) is 4.74 Å². The van der Waals surface area contributed by atoms with Gasteiger partial charge in [-0.15, -0.1) is 5.10 Å². The minimum absolute atomic E-state index is 0.134. The normalized spacial score (nSPS) is 15.6. The maximum Gasteiger partial charge on any atom is 0.183 e. The minimum Gasteiger partial charge on any atom is -0.383 e. The second kappa shape index (κ2) is 7.71. The summed E-state index contributed by atoms with van der Waals surface area (Å²) in [5.41, 5.74) is 1.02. The Kier molecular flexibility index (Phi) is 5.40. The number of aromatic nitrogens is 3. The molecule has 1 saturated heterocycles. The number of carbonyl (C=O) groups is 1. The standard InChI is InChI=1S/C17H22FN5O2/c1-13(24)16-17(22-9-7-21(8-10-22)11-12-25-2)23(20-19-16)15-5-3-14(18)4-6-15/h3-6H,7-12H2,1-2H3. The van der Waals surface area contributed by atoms with Gasteiger partial charge in [-0.25, -0.2) is 4.39 Å². The summed E-state index contributed by atoms with van der Waals surface area (Å²) in [4.78, 5) is 16.4. The van der Waals surface area contributed by atoms with Crippen LogP contribution in [0.15, 0.2) is 24.3 Å². The van der Waals surface area contributed by atoms with E-state index in [2.05, 4.69) is 20.1 Å². The lowest BCUT2D eigenvalue weighted by atomic mass is 10.2. The molecule has 0 spiro atoms. The summed E-state index contributed by atoms with van der Waals surface area (Å²) in [6, 6.07) is 6.01. The number of hydrogen-bond acceptors (Lipinski definition) is 6. The Labute approximate surface area is 146 Å². The molecule has 2 heterocycles. The van der Waals surface area contributed by atoms with Gasteiger partial charge in [0.1, 0.15) is 5.82 Å². The molecule has 1 aromatic heterocycles. The fourth-order valence-corrected chi connectivity index (χ4v) is 2.95. The number of halogens is 1. The highest BCUT2D eigenvalue weighted by molar-refractivity contribution is 5.97. The molecule has 0 saturated carbocycles. The summed E-state index contributed by atoms with van der Waals surface area (Å²) < 4.78 is 19.9. The number of methoxy groups -OCH3 is 1. The van der Waals surface area contributed by atoms with Gasteiger partial charge in [-0.1, -0.05) is 5.21 Å². The molecule has 0 aliphatic carbocycles. The first-order valence-corrected chi connectivity index (χ1v) is 8.29. The lowest BCUT2D eigenvalue weighted by Crippen LogP contribution is -2.48. The van der Waals surface area contributed by atoms with E-state index in [0.717, 1.165) is 32.7 Å². The number of anilines is 1. The molecule has 7 nitrogen and oxygen atoms in total. The molecule has 3 rings (SSSR count). The van der Waals surface area contributed by atoms with Gasteiger partial charge in [-0.2, -0.15) is 4.68 Å². The Morgan fingerprint density at radius 3 is 2.48 bits per heavy atom. The molecule has 2 aromatic rings. The van der Waals surface area contributed by atoms with Gasteiger partial charge in [0.2, 0.25) is 0 Å². The van der Waals surface area contributed by atoms with Crippen LogP contribution in [-0.4, -0.2) is 72.1 Å². The summed E-state index contributed by atoms with van der Waals surface area (Å²) in [6.45, 7) is 6.34. The van der Waals surface area contributed by atoms with E-state index in [9.17, 15) is 9.18 Å². The van der Waals surface area contributed by atoms with Crippen molar-refractivity contribution in [3.8, 4) is 5.69 Å². The number of ketones is 1. The number of nitrogens with zero attached hydrogens (tertiary/aromatic N) is 5. The van der Waals surface area contributed by atoms with Crippen molar-refractivity contribution in [2.45, 2.75) is 6.92 Å². The molecule has 8 heteroatoms. The fourth-order valence-electron chi connectivity index (χ4n) is 2.95. The van der Waals surface area contributed by atoms with Gasteiger partial charge in [-0.3, -0.25) is 9.69 Å². The molecule has 1 fully saturated rings. The number of ether oxygens (including phenoxy) is 1. The van der Waals surface area contributed by atoms with Gasteiger partial charge in [0.05, 0.1) is 12.3 Å². The molecule has 0 bridgehead atoms. The van der Waals surface area contributed by atoms with Crippen molar-refractivity contribution >= 4 is 11.6 Å². The first-order valence-electron chi connectivity index (χ1n) is 8.29. The molecule has 0 atom stereocenters. The Morgan fingerprint density at radius 1 is 1.20 bits per heavy atom. The molecule has 1 aliphatic rings. The predicted octanol–water partition coefficient (Wildman–Crippen LogP) is 1.38. The second-order valence-electron chi connectivity index (χ2n) is 6.03. The Morgan fingerprint density at radius 2 is 1.88 bits per heavy atom. The van der Waals surface area contributed by atoms with Crippen LogP contribution in [0.1, 0.15) is 17.4 Å². The topological polar surface area (TPSA) is 63.5 Å². The third kappa shape index (κ3) is 3.85. The average molecular weight is 347 g/mol. The summed E-state index contributed by atoms with van der Waals surface area (Å²) in [7, 11) is 1.70. The first kappa shape index (κ1) is 17.5. The maximum atomic E-state index is 13.2. The van der Waals surface area contributed by atoms with E-state index in [-0.39, 0.29) is 11.6 Å². The van der Waals surface area contributed by atoms with Gasteiger partial charge in [0.15, 0.2) is 17.3 Å². The van der Waals surface area contributed by atoms with Crippen molar-refractivity contribution < 1.29 is 13.9 Å². The van der Waals surface area contributed by atoms with Crippen molar-refractivity contribution in [2.75, 3.05) is 51.3 Å². The molecular formula is C17H22FN5O2. The lowest BCUT2D eigenvalue weighted by molar-refractivity contribution is 0.101. The largest absolute Gasteiger partial charge is 0.383 e. The number of hydrogen-bond donors (Lipinski definition) is 0. The highest BCUT2D eigenvalue weighted by Crippen LogP contribution is 2.24. The number of carbonyl (C=O) groups excluding carboxylic acids is 1. The van der Waals surface area contributed by atoms with Gasteiger partial charge in [-0.05, 0) is 24.3 Å². The molecule has 1 aliphatic heterocycles. The van der Waals surface area contributed by atoms with Crippen molar-refractivity contribution in [2.24, 2.45) is 0 Å². The predicted molar refractivity (Wildman–Crippen MR) is 91.9 cm³/mol. The van der Waals surface area contributed by atoms with Crippen LogP contribution in [0.4, 0.5) is 10.2 Å². The van der Waals surface area contributed by atoms with Crippen molar-refractivity contribution in [1.82, 2.24) is 19.9 Å². The Bertz CT molecular complexity index is 723. The lowest BCUT2D eigenvalue weighted by Gasteiger charge is -2.35.